The van der Waals surface area contributed by atoms with Crippen LogP contribution in [0.5, 0.6) is 0 Å². The Bertz CT molecular complexity index is 1120. The summed E-state index contributed by atoms with van der Waals surface area (Å²) >= 11 is 1.69. The highest BCUT2D eigenvalue weighted by atomic mass is 32.1. The molecule has 1 saturated carbocycles. The Hall–Kier alpha value is -2.05. The molecule has 0 radical (unpaired) electrons. The van der Waals surface area contributed by atoms with Crippen LogP contribution in [0.1, 0.15) is 54.5 Å². The Kier molecular flexibility index (Phi) is 6.19. The normalized spacial score (nSPS) is 19.6. The number of rotatable bonds is 6. The summed E-state index contributed by atoms with van der Waals surface area (Å²) in [5, 5.41) is 4.51. The fraction of sp³-hybridized carbons (Fsp3) is 0.520. The van der Waals surface area contributed by atoms with E-state index in [0.717, 1.165) is 54.6 Å². The van der Waals surface area contributed by atoms with E-state index in [4.69, 9.17) is 0 Å². The monoisotopic (exact) mass is 439 g/mol. The number of aryl methyl sites for hydroxylation is 1. The predicted molar refractivity (Wildman–Crippen MR) is 124 cm³/mol. The van der Waals surface area contributed by atoms with Gasteiger partial charge in [-0.25, -0.2) is 9.37 Å². The Labute approximate surface area is 186 Å². The molecule has 164 valence electrons. The van der Waals surface area contributed by atoms with Crippen molar-refractivity contribution in [1.82, 2.24) is 14.9 Å². The van der Waals surface area contributed by atoms with Crippen LogP contribution in [0.2, 0.25) is 0 Å². The maximum absolute atomic E-state index is 13.4. The van der Waals surface area contributed by atoms with Crippen molar-refractivity contribution in [1.29, 1.82) is 0 Å². The first kappa shape index (κ1) is 20.8. The van der Waals surface area contributed by atoms with Crippen molar-refractivity contribution in [2.45, 2.75) is 70.4 Å². The largest absolute Gasteiger partial charge is 0.313 e. The van der Waals surface area contributed by atoms with Gasteiger partial charge >= 0.3 is 0 Å². The molecule has 3 aromatic rings. The molecule has 0 aliphatic heterocycles. The topological polar surface area (TPSA) is 46.9 Å². The van der Waals surface area contributed by atoms with Gasteiger partial charge in [0.25, 0.3) is 5.56 Å². The molecule has 0 spiro atoms. The fourth-order valence-corrected chi connectivity index (χ4v) is 6.52. The third-order valence-electron chi connectivity index (χ3n) is 6.95. The first-order valence-electron chi connectivity index (χ1n) is 11.6. The minimum atomic E-state index is -0.174. The van der Waals surface area contributed by atoms with E-state index < -0.39 is 0 Å². The van der Waals surface area contributed by atoms with Crippen molar-refractivity contribution in [3.05, 3.63) is 62.8 Å². The molecule has 2 aliphatic carbocycles. The number of benzene rings is 1. The Morgan fingerprint density at radius 3 is 2.90 bits per heavy atom. The van der Waals surface area contributed by atoms with Crippen LogP contribution in [0.3, 0.4) is 0 Å². The maximum atomic E-state index is 13.4. The summed E-state index contributed by atoms with van der Waals surface area (Å²) in [6.07, 6.45) is 11.9. The van der Waals surface area contributed by atoms with Gasteiger partial charge < -0.3 is 5.32 Å². The fourth-order valence-electron chi connectivity index (χ4n) is 5.27. The lowest BCUT2D eigenvalue weighted by Crippen LogP contribution is -2.35. The van der Waals surface area contributed by atoms with Gasteiger partial charge in [0.2, 0.25) is 0 Å². The minimum Gasteiger partial charge on any atom is -0.313 e. The molecule has 2 heterocycles. The lowest BCUT2D eigenvalue weighted by molar-refractivity contribution is 0.315. The quantitative estimate of drug-likeness (QED) is 0.596. The van der Waals surface area contributed by atoms with Crippen molar-refractivity contribution in [2.75, 3.05) is 6.54 Å². The molecular formula is C25H30FN3OS. The van der Waals surface area contributed by atoms with Crippen LogP contribution in [0.4, 0.5) is 4.39 Å². The van der Waals surface area contributed by atoms with Crippen LogP contribution >= 0.6 is 11.3 Å². The number of nitrogens with zero attached hydrogens (tertiary/aromatic N) is 2. The van der Waals surface area contributed by atoms with Crippen molar-refractivity contribution in [3.8, 4) is 0 Å². The molecule has 1 atom stereocenters. The lowest BCUT2D eigenvalue weighted by atomic mass is 9.89. The molecule has 1 fully saturated rings. The minimum absolute atomic E-state index is 0.158. The molecule has 0 saturated heterocycles. The zero-order valence-electron chi connectivity index (χ0n) is 17.9. The second kappa shape index (κ2) is 9.21. The number of fused-ring (bicyclic) bond motifs is 3. The number of halogens is 1. The summed E-state index contributed by atoms with van der Waals surface area (Å²) in [7, 11) is 0. The number of aromatic nitrogens is 2. The molecule has 0 bridgehead atoms. The molecule has 2 aliphatic rings. The van der Waals surface area contributed by atoms with Gasteiger partial charge in [0.15, 0.2) is 0 Å². The average Bonchev–Trinajstić information content (AvgIpc) is 3.15. The lowest BCUT2D eigenvalue weighted by Gasteiger charge is -2.24. The first-order chi connectivity index (χ1) is 15.2. The summed E-state index contributed by atoms with van der Waals surface area (Å²) in [5.41, 5.74) is 2.41. The van der Waals surface area contributed by atoms with E-state index in [0.29, 0.717) is 12.0 Å². The molecule has 6 heteroatoms. The molecule has 0 amide bonds. The van der Waals surface area contributed by atoms with Crippen LogP contribution in [0.25, 0.3) is 10.2 Å². The molecule has 31 heavy (non-hydrogen) atoms. The summed E-state index contributed by atoms with van der Waals surface area (Å²) in [6.45, 7) is 1.65. The van der Waals surface area contributed by atoms with Gasteiger partial charge in [-0.3, -0.25) is 9.36 Å². The molecule has 2 aromatic heterocycles. The van der Waals surface area contributed by atoms with Crippen LogP contribution in [0, 0.1) is 11.7 Å². The molecule has 5 rings (SSSR count). The summed E-state index contributed by atoms with van der Waals surface area (Å²) < 4.78 is 15.2. The zero-order chi connectivity index (χ0) is 21.2. The number of thiophene rings is 1. The van der Waals surface area contributed by atoms with E-state index in [-0.39, 0.29) is 11.4 Å². The van der Waals surface area contributed by atoms with E-state index in [2.05, 4.69) is 10.3 Å². The van der Waals surface area contributed by atoms with E-state index >= 15 is 0 Å². The Balaban J connectivity index is 1.27. The third-order valence-corrected chi connectivity index (χ3v) is 8.11. The van der Waals surface area contributed by atoms with Gasteiger partial charge in [0, 0.05) is 17.5 Å². The van der Waals surface area contributed by atoms with Crippen molar-refractivity contribution in [2.24, 2.45) is 5.92 Å². The molecule has 4 nitrogen and oxygen atoms in total. The van der Waals surface area contributed by atoms with Crippen LogP contribution in [-0.2, 0) is 25.8 Å². The molecule has 1 aromatic carbocycles. The van der Waals surface area contributed by atoms with Crippen LogP contribution < -0.4 is 10.9 Å². The van der Waals surface area contributed by atoms with Gasteiger partial charge in [-0.2, -0.15) is 0 Å². The first-order valence-corrected chi connectivity index (χ1v) is 12.5. The summed E-state index contributed by atoms with van der Waals surface area (Å²) in [6, 6.07) is 7.23. The number of hydrogen-bond acceptors (Lipinski definition) is 4. The Morgan fingerprint density at radius 2 is 2.06 bits per heavy atom. The van der Waals surface area contributed by atoms with Gasteiger partial charge in [0.1, 0.15) is 10.6 Å². The van der Waals surface area contributed by atoms with Crippen molar-refractivity contribution >= 4 is 21.6 Å². The highest BCUT2D eigenvalue weighted by molar-refractivity contribution is 7.18. The zero-order valence-corrected chi connectivity index (χ0v) is 18.7. The predicted octanol–water partition coefficient (Wildman–Crippen LogP) is 4.87. The SMILES string of the molecule is O=c1c2c3c(sc2ncn1CC1CCCCC1)CC(NCCc1cccc(F)c1)CC3. The highest BCUT2D eigenvalue weighted by Crippen LogP contribution is 2.34. The maximum Gasteiger partial charge on any atom is 0.262 e. The van der Waals surface area contributed by atoms with Crippen molar-refractivity contribution < 1.29 is 4.39 Å². The third kappa shape index (κ3) is 4.60. The van der Waals surface area contributed by atoms with Crippen LogP contribution in [-0.4, -0.2) is 22.1 Å². The molecule has 1 N–H and O–H groups in total. The second-order valence-electron chi connectivity index (χ2n) is 9.16. The summed E-state index contributed by atoms with van der Waals surface area (Å²) in [4.78, 5) is 20.1. The molecule has 1 unspecified atom stereocenters. The van der Waals surface area contributed by atoms with Gasteiger partial charge in [-0.1, -0.05) is 31.4 Å². The average molecular weight is 440 g/mol. The van der Waals surface area contributed by atoms with Crippen molar-refractivity contribution in [3.63, 3.8) is 0 Å². The number of hydrogen-bond donors (Lipinski definition) is 1. The van der Waals surface area contributed by atoms with Gasteiger partial charge in [-0.05, 0) is 74.2 Å². The van der Waals surface area contributed by atoms with E-state index in [1.807, 2.05) is 10.6 Å². The second-order valence-corrected chi connectivity index (χ2v) is 10.2. The highest BCUT2D eigenvalue weighted by Gasteiger charge is 2.25. The standard InChI is InChI=1S/C25H30FN3OS/c26-19-8-4-7-17(13-19)11-12-27-20-9-10-21-22(14-20)31-24-23(21)25(30)29(16-28-24)15-18-5-2-1-3-6-18/h4,7-8,13,16,18,20,27H,1-3,5-6,9-12,14-15H2. The van der Waals surface area contributed by atoms with E-state index in [1.54, 1.807) is 29.8 Å². The Morgan fingerprint density at radius 1 is 1.19 bits per heavy atom. The van der Waals surface area contributed by atoms with Crippen LogP contribution in [0.15, 0.2) is 35.4 Å². The van der Waals surface area contributed by atoms with Gasteiger partial charge in [0.05, 0.1) is 11.7 Å². The molecular weight excluding hydrogens is 409 g/mol. The van der Waals surface area contributed by atoms with E-state index in [1.165, 1.54) is 48.6 Å². The van der Waals surface area contributed by atoms with E-state index in [9.17, 15) is 9.18 Å². The smallest absolute Gasteiger partial charge is 0.262 e. The van der Waals surface area contributed by atoms with Gasteiger partial charge in [-0.15, -0.1) is 11.3 Å². The summed E-state index contributed by atoms with van der Waals surface area (Å²) in [5.74, 6) is 0.443. The number of nitrogens with one attached hydrogen (secondary N) is 1.